The molecule has 0 bridgehead atoms. The Morgan fingerprint density at radius 3 is 2.20 bits per heavy atom. The summed E-state index contributed by atoms with van der Waals surface area (Å²) in [7, 11) is -2.57. The van der Waals surface area contributed by atoms with Gasteiger partial charge < -0.3 is 19.9 Å². The molecule has 0 spiro atoms. The molecule has 0 aromatic heterocycles. The first-order chi connectivity index (χ1) is 19.3. The van der Waals surface area contributed by atoms with Crippen molar-refractivity contribution in [1.82, 2.24) is 9.62 Å². The Labute approximate surface area is 245 Å². The van der Waals surface area contributed by atoms with E-state index in [1.54, 1.807) is 32.9 Å². The zero-order valence-corrected chi connectivity index (χ0v) is 25.9. The molecule has 9 nitrogen and oxygen atoms in total. The first kappa shape index (κ1) is 34.1. The number of amides is 1. The number of carbonyl (C=O) groups excluding carboxylic acids is 1. The summed E-state index contributed by atoms with van der Waals surface area (Å²) in [6.45, 7) is 9.04. The van der Waals surface area contributed by atoms with Gasteiger partial charge in [0.1, 0.15) is 11.4 Å². The molecule has 0 aliphatic rings. The van der Waals surface area contributed by atoms with E-state index >= 15 is 0 Å². The van der Waals surface area contributed by atoms with Crippen molar-refractivity contribution in [2.75, 3.05) is 20.2 Å². The fraction of sp³-hybridized carbons (Fsp3) is 0.548. The predicted octanol–water partition coefficient (Wildman–Crippen LogP) is 5.29. The Bertz CT molecular complexity index is 1230. The van der Waals surface area contributed by atoms with E-state index < -0.39 is 39.3 Å². The van der Waals surface area contributed by atoms with Gasteiger partial charge in [-0.05, 0) is 81.7 Å². The monoisotopic (exact) mass is 587 g/mol. The standard InChI is InChI=1S/C31H45N3O6S/c1-7-31(8-2,19-12-20-32)23-34(41(37,38)26-17-15-25(39-6)16-18-26)22-28(35)27(21-24-13-10-9-11-14-24)33-29(36)40-30(3,4)5/h9-11,13-18,27-28,35H,7-8,12,19,21-23H2,1-6H3,(H,33,36)/t27-,28?/m0/s1. The van der Waals surface area contributed by atoms with Crippen LogP contribution in [-0.4, -0.2) is 61.9 Å². The molecule has 0 fully saturated rings. The Morgan fingerprint density at radius 1 is 1.07 bits per heavy atom. The molecule has 0 saturated heterocycles. The normalized spacial score (nSPS) is 13.7. The fourth-order valence-corrected chi connectivity index (χ4v) is 6.26. The summed E-state index contributed by atoms with van der Waals surface area (Å²) in [6, 6.07) is 16.8. The van der Waals surface area contributed by atoms with E-state index in [2.05, 4.69) is 11.4 Å². The van der Waals surface area contributed by atoms with Crippen LogP contribution in [0.15, 0.2) is 59.5 Å². The number of hydrogen-bond donors (Lipinski definition) is 2. The van der Waals surface area contributed by atoms with Crippen molar-refractivity contribution in [1.29, 1.82) is 5.26 Å². The number of methoxy groups -OCH3 is 1. The number of sulfonamides is 1. The van der Waals surface area contributed by atoms with E-state index in [0.717, 1.165) is 5.56 Å². The van der Waals surface area contributed by atoms with Crippen LogP contribution in [0.4, 0.5) is 4.79 Å². The lowest BCUT2D eigenvalue weighted by Gasteiger charge is -2.38. The molecule has 0 aliphatic carbocycles. The van der Waals surface area contributed by atoms with Gasteiger partial charge in [0.2, 0.25) is 10.0 Å². The van der Waals surface area contributed by atoms with E-state index in [-0.39, 0.29) is 30.8 Å². The Hall–Kier alpha value is -3.13. The third-order valence-electron chi connectivity index (χ3n) is 7.33. The highest BCUT2D eigenvalue weighted by Gasteiger charge is 2.37. The minimum Gasteiger partial charge on any atom is -0.497 e. The van der Waals surface area contributed by atoms with Crippen LogP contribution < -0.4 is 10.1 Å². The third-order valence-corrected chi connectivity index (χ3v) is 9.16. The Morgan fingerprint density at radius 2 is 1.68 bits per heavy atom. The lowest BCUT2D eigenvalue weighted by atomic mass is 9.78. The van der Waals surface area contributed by atoms with E-state index in [1.807, 2.05) is 44.2 Å². The second-order valence-corrected chi connectivity index (χ2v) is 13.3. The molecule has 1 amide bonds. The largest absolute Gasteiger partial charge is 0.497 e. The number of nitriles is 1. The molecule has 226 valence electrons. The topological polar surface area (TPSA) is 129 Å². The number of rotatable bonds is 15. The van der Waals surface area contributed by atoms with Crippen LogP contribution in [-0.2, 0) is 21.2 Å². The highest BCUT2D eigenvalue weighted by atomic mass is 32.2. The maximum Gasteiger partial charge on any atom is 0.407 e. The van der Waals surface area contributed by atoms with Crippen molar-refractivity contribution in [2.45, 2.75) is 89.4 Å². The minimum atomic E-state index is -4.07. The van der Waals surface area contributed by atoms with Gasteiger partial charge in [-0.2, -0.15) is 9.57 Å². The summed E-state index contributed by atoms with van der Waals surface area (Å²) in [6.07, 6.45) is 0.408. The Kier molecular flexibility index (Phi) is 12.6. The van der Waals surface area contributed by atoms with Crippen molar-refractivity contribution in [2.24, 2.45) is 5.41 Å². The molecule has 41 heavy (non-hydrogen) atoms. The predicted molar refractivity (Wildman–Crippen MR) is 159 cm³/mol. The average Bonchev–Trinajstić information content (AvgIpc) is 2.94. The quantitative estimate of drug-likeness (QED) is 0.290. The number of hydrogen-bond acceptors (Lipinski definition) is 7. The Balaban J connectivity index is 2.49. The molecular formula is C31H45N3O6S. The maximum atomic E-state index is 14.0. The first-order valence-corrected chi connectivity index (χ1v) is 15.5. The number of benzene rings is 2. The van der Waals surface area contributed by atoms with Gasteiger partial charge >= 0.3 is 6.09 Å². The van der Waals surface area contributed by atoms with Crippen LogP contribution in [0, 0.1) is 16.7 Å². The van der Waals surface area contributed by atoms with Gasteiger partial charge in [0.05, 0.1) is 30.2 Å². The smallest absolute Gasteiger partial charge is 0.407 e. The minimum absolute atomic E-state index is 0.0617. The number of aliphatic hydroxyl groups excluding tert-OH is 1. The van der Waals surface area contributed by atoms with Crippen LogP contribution in [0.1, 0.15) is 65.9 Å². The van der Waals surface area contributed by atoms with Crippen LogP contribution >= 0.6 is 0 Å². The maximum absolute atomic E-state index is 14.0. The van der Waals surface area contributed by atoms with Crippen molar-refractivity contribution in [3.63, 3.8) is 0 Å². The van der Waals surface area contributed by atoms with Gasteiger partial charge in [0.25, 0.3) is 0 Å². The third kappa shape index (κ3) is 10.3. The summed E-state index contributed by atoms with van der Waals surface area (Å²) in [5.41, 5.74) is -0.357. The zero-order valence-electron chi connectivity index (χ0n) is 25.1. The summed E-state index contributed by atoms with van der Waals surface area (Å²) < 4.78 is 40.0. The van der Waals surface area contributed by atoms with E-state index in [9.17, 15) is 23.6 Å². The highest BCUT2D eigenvalue weighted by Crippen LogP contribution is 2.35. The van der Waals surface area contributed by atoms with Crippen molar-refractivity contribution in [3.8, 4) is 11.8 Å². The van der Waals surface area contributed by atoms with Crippen molar-refractivity contribution in [3.05, 3.63) is 60.2 Å². The summed E-state index contributed by atoms with van der Waals surface area (Å²) in [4.78, 5) is 12.8. The number of alkyl carbamates (subject to hydrolysis) is 1. The number of nitrogens with zero attached hydrogens (tertiary/aromatic N) is 2. The molecule has 2 N–H and O–H groups in total. The second kappa shape index (κ2) is 15.2. The van der Waals surface area contributed by atoms with Crippen LogP contribution in [0.3, 0.4) is 0 Å². The van der Waals surface area contributed by atoms with Crippen LogP contribution in [0.2, 0.25) is 0 Å². The fourth-order valence-electron chi connectivity index (χ4n) is 4.69. The van der Waals surface area contributed by atoms with Crippen LogP contribution in [0.25, 0.3) is 0 Å². The molecule has 2 rings (SSSR count). The molecule has 0 heterocycles. The molecule has 2 aromatic rings. The molecule has 1 unspecified atom stereocenters. The van der Waals surface area contributed by atoms with Gasteiger partial charge in [0.15, 0.2) is 0 Å². The second-order valence-electron chi connectivity index (χ2n) is 11.3. The van der Waals surface area contributed by atoms with Crippen molar-refractivity contribution >= 4 is 16.1 Å². The molecule has 2 atom stereocenters. The van der Waals surface area contributed by atoms with Crippen molar-refractivity contribution < 1.29 is 27.8 Å². The first-order valence-electron chi connectivity index (χ1n) is 14.0. The van der Waals surface area contributed by atoms with Gasteiger partial charge in [-0.3, -0.25) is 0 Å². The number of carbonyl (C=O) groups is 1. The van der Waals surface area contributed by atoms with Gasteiger partial charge in [-0.15, -0.1) is 0 Å². The molecule has 0 aliphatic heterocycles. The molecule has 2 aromatic carbocycles. The number of ether oxygens (including phenoxy) is 2. The number of nitrogens with one attached hydrogen (secondary N) is 1. The molecule has 10 heteroatoms. The molecule has 0 saturated carbocycles. The summed E-state index contributed by atoms with van der Waals surface area (Å²) in [5.74, 6) is 0.519. The van der Waals surface area contributed by atoms with E-state index in [0.29, 0.717) is 25.0 Å². The lowest BCUT2D eigenvalue weighted by Crippen LogP contribution is -2.53. The van der Waals surface area contributed by atoms with E-state index in [1.165, 1.54) is 23.5 Å². The summed E-state index contributed by atoms with van der Waals surface area (Å²) in [5, 5.41) is 23.6. The number of aliphatic hydroxyl groups is 1. The highest BCUT2D eigenvalue weighted by molar-refractivity contribution is 7.89. The SMILES string of the molecule is CCC(CC)(CCC#N)CN(CC(O)[C@H](Cc1ccccc1)NC(=O)OC(C)(C)C)S(=O)(=O)c1ccc(OC)cc1. The lowest BCUT2D eigenvalue weighted by molar-refractivity contribution is 0.0385. The average molecular weight is 588 g/mol. The van der Waals surface area contributed by atoms with E-state index in [4.69, 9.17) is 9.47 Å². The molecular weight excluding hydrogens is 542 g/mol. The van der Waals surface area contributed by atoms with Gasteiger partial charge in [0, 0.05) is 19.5 Å². The van der Waals surface area contributed by atoms with Crippen LogP contribution in [0.5, 0.6) is 5.75 Å². The zero-order chi connectivity index (χ0) is 30.7. The van der Waals surface area contributed by atoms with Gasteiger partial charge in [-0.25, -0.2) is 13.2 Å². The molecule has 0 radical (unpaired) electrons. The summed E-state index contributed by atoms with van der Waals surface area (Å²) >= 11 is 0. The van der Waals surface area contributed by atoms with Gasteiger partial charge in [-0.1, -0.05) is 44.2 Å².